The average Bonchev–Trinajstić information content (AvgIpc) is 3.45. The van der Waals surface area contributed by atoms with E-state index in [-0.39, 0.29) is 29.1 Å². The van der Waals surface area contributed by atoms with Gasteiger partial charge in [0.25, 0.3) is 11.1 Å². The first-order valence-corrected chi connectivity index (χ1v) is 11.0. The number of aliphatic hydroxyl groups excluding tert-OH is 1. The number of nitrogens with zero attached hydrogens (tertiary/aromatic N) is 2. The van der Waals surface area contributed by atoms with Crippen molar-refractivity contribution in [3.05, 3.63) is 43.6 Å². The molecule has 3 N–H and O–H groups in total. The number of hydrogen-bond acceptors (Lipinski definition) is 6. The first kappa shape index (κ1) is 20.8. The van der Waals surface area contributed by atoms with Crippen LogP contribution >= 0.6 is 0 Å². The Hall–Kier alpha value is -2.48. The van der Waals surface area contributed by atoms with Crippen LogP contribution in [0.3, 0.4) is 0 Å². The maximum absolute atomic E-state index is 13.3. The fraction of sp³-hybridized carbons (Fsp3) is 0.636. The summed E-state index contributed by atoms with van der Waals surface area (Å²) in [5, 5.41) is 13.2. The third-order valence-corrected chi connectivity index (χ3v) is 5.91. The van der Waals surface area contributed by atoms with Crippen LogP contribution < -0.4 is 32.6 Å². The summed E-state index contributed by atoms with van der Waals surface area (Å²) < 4.78 is 8.49. The van der Waals surface area contributed by atoms with E-state index in [1.54, 1.807) is 4.57 Å². The van der Waals surface area contributed by atoms with Crippen LogP contribution in [-0.4, -0.2) is 39.6 Å². The van der Waals surface area contributed by atoms with Crippen molar-refractivity contribution >= 4 is 11.5 Å². The van der Waals surface area contributed by atoms with Gasteiger partial charge < -0.3 is 20.6 Å². The summed E-state index contributed by atoms with van der Waals surface area (Å²) in [5.41, 5.74) is 3.73. The zero-order chi connectivity index (χ0) is 21.4. The van der Waals surface area contributed by atoms with Gasteiger partial charge in [0.1, 0.15) is 5.48 Å². The zero-order valence-corrected chi connectivity index (χ0v) is 18.0. The predicted molar refractivity (Wildman–Crippen MR) is 116 cm³/mol. The van der Waals surface area contributed by atoms with Gasteiger partial charge in [-0.15, -0.1) is 0 Å². The van der Waals surface area contributed by atoms with E-state index < -0.39 is 11.1 Å². The molecule has 1 aliphatic carbocycles. The first-order valence-electron chi connectivity index (χ1n) is 11.0. The second-order valence-electron chi connectivity index (χ2n) is 9.03. The normalized spacial score (nSPS) is 23.1. The second-order valence-corrected chi connectivity index (χ2v) is 9.03. The minimum Gasteiger partial charge on any atom is -0.494 e. The van der Waals surface area contributed by atoms with Crippen molar-refractivity contribution in [3.63, 3.8) is 0 Å². The lowest BCUT2D eigenvalue weighted by Gasteiger charge is -2.18. The van der Waals surface area contributed by atoms with E-state index in [9.17, 15) is 14.7 Å². The Morgan fingerprint density at radius 2 is 1.93 bits per heavy atom. The quantitative estimate of drug-likeness (QED) is 0.610. The smallest absolute Gasteiger partial charge is 0.289 e. The van der Waals surface area contributed by atoms with Gasteiger partial charge in [0.05, 0.1) is 6.04 Å². The third-order valence-electron chi connectivity index (χ3n) is 5.91. The van der Waals surface area contributed by atoms with Crippen LogP contribution in [0.5, 0.6) is 0 Å². The second kappa shape index (κ2) is 8.34. The van der Waals surface area contributed by atoms with Gasteiger partial charge in [0.15, 0.2) is 5.22 Å². The highest BCUT2D eigenvalue weighted by Crippen LogP contribution is 2.20. The summed E-state index contributed by atoms with van der Waals surface area (Å²) in [5.74, 6) is 0.317. The molecule has 0 bridgehead atoms. The Balaban J connectivity index is 1.91. The fourth-order valence-corrected chi connectivity index (χ4v) is 4.11. The lowest BCUT2D eigenvalue weighted by Crippen LogP contribution is -2.60. The molecular weight excluding hydrogens is 384 g/mol. The highest BCUT2D eigenvalue weighted by Gasteiger charge is 2.27. The Morgan fingerprint density at radius 1 is 1.23 bits per heavy atom. The lowest BCUT2D eigenvalue weighted by atomic mass is 9.98. The van der Waals surface area contributed by atoms with Gasteiger partial charge >= 0.3 is 0 Å². The highest BCUT2D eigenvalue weighted by molar-refractivity contribution is 5.63. The molecule has 1 aromatic heterocycles. The van der Waals surface area contributed by atoms with E-state index in [1.165, 1.54) is 4.68 Å². The lowest BCUT2D eigenvalue weighted by molar-refractivity contribution is 0.0785. The molecule has 8 nitrogen and oxygen atoms in total. The number of aromatic nitrogens is 2. The summed E-state index contributed by atoms with van der Waals surface area (Å²) in [6.07, 6.45) is 8.04. The van der Waals surface area contributed by atoms with Gasteiger partial charge in [0.2, 0.25) is 5.88 Å². The van der Waals surface area contributed by atoms with Crippen LogP contribution in [0.25, 0.3) is 11.5 Å². The standard InChI is InChI=1S/C22H32N4O4/c1-13(2)12-25-20-17(7-4-15-8-10-30-11-9-15)14(3)24-26(20)22(29)18(21(25)28)19(27)23-16-5-6-16/h4,7,13-16,23-24,27H,5-6,8-12H2,1-3H3/b7-4+,19-18?. The van der Waals surface area contributed by atoms with Crippen molar-refractivity contribution < 1.29 is 9.84 Å². The fourth-order valence-electron chi connectivity index (χ4n) is 4.11. The molecule has 1 atom stereocenters. The molecule has 164 valence electrons. The molecule has 1 aromatic rings. The van der Waals surface area contributed by atoms with Gasteiger partial charge in [-0.05, 0) is 44.4 Å². The van der Waals surface area contributed by atoms with Crippen molar-refractivity contribution in [2.24, 2.45) is 11.8 Å². The molecule has 2 aliphatic heterocycles. The Morgan fingerprint density at radius 3 is 2.57 bits per heavy atom. The molecule has 3 heterocycles. The van der Waals surface area contributed by atoms with Crippen LogP contribution in [-0.2, 0) is 11.3 Å². The van der Waals surface area contributed by atoms with Crippen molar-refractivity contribution in [1.29, 1.82) is 0 Å². The summed E-state index contributed by atoms with van der Waals surface area (Å²) in [6, 6.07) is 0.0115. The maximum atomic E-state index is 13.3. The minimum absolute atomic E-state index is 0.125. The van der Waals surface area contributed by atoms with Crippen LogP contribution in [0.15, 0.2) is 21.7 Å². The number of ether oxygens (including phenoxy) is 1. The molecule has 4 rings (SSSR count). The highest BCUT2D eigenvalue weighted by atomic mass is 16.5. The van der Waals surface area contributed by atoms with Gasteiger partial charge in [-0.25, -0.2) is 4.68 Å². The summed E-state index contributed by atoms with van der Waals surface area (Å²) >= 11 is 0. The summed E-state index contributed by atoms with van der Waals surface area (Å²) in [6.45, 7) is 8.03. The van der Waals surface area contributed by atoms with E-state index in [0.717, 1.165) is 44.5 Å². The molecule has 8 heteroatoms. The number of fused-ring (bicyclic) bond motifs is 1. The van der Waals surface area contributed by atoms with Gasteiger partial charge in [0, 0.05) is 31.4 Å². The van der Waals surface area contributed by atoms with Crippen molar-refractivity contribution in [1.82, 2.24) is 14.6 Å². The molecule has 0 amide bonds. The zero-order valence-electron chi connectivity index (χ0n) is 18.0. The van der Waals surface area contributed by atoms with Crippen molar-refractivity contribution in [2.45, 2.75) is 65.1 Å². The predicted octanol–water partition coefficient (Wildman–Crippen LogP) is 0.121. The molecule has 0 aromatic carbocycles. The van der Waals surface area contributed by atoms with E-state index in [0.29, 0.717) is 17.9 Å². The van der Waals surface area contributed by atoms with Gasteiger partial charge in [-0.3, -0.25) is 14.2 Å². The number of nitrogens with one attached hydrogen (secondary N) is 2. The summed E-state index contributed by atoms with van der Waals surface area (Å²) in [4.78, 5) is 26.5. The Kier molecular flexibility index (Phi) is 5.77. The van der Waals surface area contributed by atoms with Crippen LogP contribution in [0.2, 0.25) is 0 Å². The van der Waals surface area contributed by atoms with Crippen LogP contribution in [0, 0.1) is 11.8 Å². The van der Waals surface area contributed by atoms with E-state index in [2.05, 4.69) is 16.8 Å². The molecule has 1 unspecified atom stereocenters. The van der Waals surface area contributed by atoms with Crippen LogP contribution in [0.4, 0.5) is 0 Å². The minimum atomic E-state index is -0.512. The number of rotatable bonds is 6. The number of hydrogen-bond donors (Lipinski definition) is 3. The average molecular weight is 417 g/mol. The van der Waals surface area contributed by atoms with Crippen LogP contribution in [0.1, 0.15) is 46.5 Å². The summed E-state index contributed by atoms with van der Waals surface area (Å²) in [7, 11) is 0. The maximum Gasteiger partial charge on any atom is 0.289 e. The molecule has 30 heavy (non-hydrogen) atoms. The number of allylic oxidation sites excluding steroid dienone is 1. The molecule has 1 saturated heterocycles. The van der Waals surface area contributed by atoms with E-state index in [1.807, 2.05) is 26.8 Å². The van der Waals surface area contributed by atoms with E-state index >= 15 is 0 Å². The first-order chi connectivity index (χ1) is 14.4. The molecule has 0 spiro atoms. The topological polar surface area (TPSA) is 97.5 Å². The molecule has 2 fully saturated rings. The molecule has 1 saturated carbocycles. The molecular formula is C22H32N4O4. The number of aliphatic hydroxyl groups is 1. The largest absolute Gasteiger partial charge is 0.494 e. The van der Waals surface area contributed by atoms with Gasteiger partial charge in [-0.2, -0.15) is 0 Å². The molecule has 3 aliphatic rings. The monoisotopic (exact) mass is 416 g/mol. The Bertz CT molecular complexity index is 1070. The van der Waals surface area contributed by atoms with Crippen molar-refractivity contribution in [2.75, 3.05) is 18.6 Å². The van der Waals surface area contributed by atoms with E-state index in [4.69, 9.17) is 4.74 Å². The van der Waals surface area contributed by atoms with Crippen molar-refractivity contribution in [3.8, 4) is 0 Å². The Labute approximate surface area is 175 Å². The molecule has 0 radical (unpaired) electrons. The third kappa shape index (κ3) is 4.05. The SMILES string of the molecule is CC(C)Cn1c(=O)c(=C(O)NC2CC2)c(=O)n2c1=C(/C=C/C1CCOCC1)C(C)N2. The van der Waals surface area contributed by atoms with Gasteiger partial charge in [-0.1, -0.05) is 26.0 Å².